The molecule has 38 heavy (non-hydrogen) atoms. The van der Waals surface area contributed by atoms with Gasteiger partial charge in [-0.15, -0.1) is 0 Å². The highest BCUT2D eigenvalue weighted by molar-refractivity contribution is 6.42. The van der Waals surface area contributed by atoms with Crippen LogP contribution in [0.2, 0.25) is 10.0 Å². The van der Waals surface area contributed by atoms with Crippen LogP contribution in [0.4, 0.5) is 5.95 Å². The molecule has 9 nitrogen and oxygen atoms in total. The first kappa shape index (κ1) is 27.5. The molecule has 0 saturated heterocycles. The maximum Gasteiger partial charge on any atom is 0.419 e. The van der Waals surface area contributed by atoms with Gasteiger partial charge < -0.3 is 16.4 Å². The Hall–Kier alpha value is -3.53. The lowest BCUT2D eigenvalue weighted by molar-refractivity contribution is -0.450. The van der Waals surface area contributed by atoms with Crippen molar-refractivity contribution in [1.29, 1.82) is 0 Å². The molecule has 2 heterocycles. The lowest BCUT2D eigenvalue weighted by Gasteiger charge is -2.21. The summed E-state index contributed by atoms with van der Waals surface area (Å²) in [5.41, 5.74) is 8.39. The summed E-state index contributed by atoms with van der Waals surface area (Å²) in [6, 6.07) is 11.4. The number of hydrogen-bond acceptors (Lipinski definition) is 6. The number of rotatable bonds is 7. The summed E-state index contributed by atoms with van der Waals surface area (Å²) >= 11 is 12.1. The van der Waals surface area contributed by atoms with Gasteiger partial charge in [0.25, 0.3) is 11.5 Å². The standard InChI is InChI=1S/C27H28Cl2N6O3/c1-15(2)32-27-33-23-14-34(25(37)18-6-9-21(28)22(29)13-18)16(3)12-20(23)26(38)35(27)19-7-4-17(5-8-19)24(36)31-11-10-30/h4-9,13,15H,10-12,14,30H2,1-3H3,(H-,31,32,33,36,38)/p+1. The zero-order chi connectivity index (χ0) is 27.6. The van der Waals surface area contributed by atoms with Crippen molar-refractivity contribution in [1.82, 2.24) is 14.9 Å². The van der Waals surface area contributed by atoms with Crippen molar-refractivity contribution in [3.63, 3.8) is 0 Å². The quantitative estimate of drug-likeness (QED) is 0.384. The largest absolute Gasteiger partial charge is 0.419 e. The molecule has 1 aliphatic heterocycles. The van der Waals surface area contributed by atoms with Crippen LogP contribution in [0, 0.1) is 0 Å². The number of benzene rings is 2. The average molecular weight is 556 g/mol. The average Bonchev–Trinajstić information content (AvgIpc) is 2.88. The fourth-order valence-corrected chi connectivity index (χ4v) is 4.52. The molecule has 0 radical (unpaired) electrons. The van der Waals surface area contributed by atoms with Gasteiger partial charge in [-0.2, -0.15) is 4.58 Å². The lowest BCUT2D eigenvalue weighted by atomic mass is 10.0. The molecule has 2 aromatic carbocycles. The van der Waals surface area contributed by atoms with Gasteiger partial charge in [0.1, 0.15) is 5.69 Å². The van der Waals surface area contributed by atoms with E-state index in [-0.39, 0.29) is 36.4 Å². The zero-order valence-electron chi connectivity index (χ0n) is 21.3. The monoisotopic (exact) mass is 555 g/mol. The van der Waals surface area contributed by atoms with Crippen molar-refractivity contribution in [2.75, 3.05) is 18.4 Å². The van der Waals surface area contributed by atoms with Crippen LogP contribution in [0.5, 0.6) is 0 Å². The highest BCUT2D eigenvalue weighted by Gasteiger charge is 2.33. The molecule has 0 fully saturated rings. The van der Waals surface area contributed by atoms with E-state index in [0.717, 1.165) is 5.71 Å². The normalized spacial score (nSPS) is 12.9. The van der Waals surface area contributed by atoms with Gasteiger partial charge in [-0.25, -0.2) is 14.3 Å². The third kappa shape index (κ3) is 5.65. The number of amides is 2. The maximum absolute atomic E-state index is 13.8. The second kappa shape index (κ2) is 11.5. The second-order valence-electron chi connectivity index (χ2n) is 9.32. The molecule has 2 amide bonds. The molecule has 1 aromatic heterocycles. The van der Waals surface area contributed by atoms with Crippen molar-refractivity contribution in [3.8, 4) is 5.69 Å². The van der Waals surface area contributed by atoms with E-state index in [1.807, 2.05) is 20.8 Å². The number of fused-ring (bicyclic) bond motifs is 1. The third-order valence-corrected chi connectivity index (χ3v) is 6.85. The molecule has 0 bridgehead atoms. The summed E-state index contributed by atoms with van der Waals surface area (Å²) in [7, 11) is 0. The van der Waals surface area contributed by atoms with Crippen molar-refractivity contribution >= 4 is 46.7 Å². The molecular weight excluding hydrogens is 527 g/mol. The minimum atomic E-state index is -0.250. The van der Waals surface area contributed by atoms with E-state index < -0.39 is 0 Å². The molecular formula is C27H29Cl2N6O3+. The zero-order valence-corrected chi connectivity index (χ0v) is 22.9. The van der Waals surface area contributed by atoms with Gasteiger partial charge >= 0.3 is 5.91 Å². The first-order chi connectivity index (χ1) is 18.1. The Balaban J connectivity index is 1.73. The molecule has 4 rings (SSSR count). The predicted molar refractivity (Wildman–Crippen MR) is 149 cm³/mol. The van der Waals surface area contributed by atoms with E-state index in [1.165, 1.54) is 10.6 Å². The second-order valence-corrected chi connectivity index (χ2v) is 10.1. The number of hydrogen-bond donors (Lipinski definition) is 3. The van der Waals surface area contributed by atoms with Crippen molar-refractivity contribution in [3.05, 3.63) is 85.2 Å². The Morgan fingerprint density at radius 2 is 1.79 bits per heavy atom. The van der Waals surface area contributed by atoms with E-state index in [1.54, 1.807) is 41.0 Å². The number of carbonyl (C=O) groups excluding carboxylic acids is 2. The van der Waals surface area contributed by atoms with Crippen LogP contribution >= 0.6 is 23.2 Å². The van der Waals surface area contributed by atoms with Crippen LogP contribution in [-0.4, -0.2) is 50.8 Å². The molecule has 3 aromatic rings. The molecule has 0 unspecified atom stereocenters. The number of aromatic nitrogens is 2. The fourth-order valence-electron chi connectivity index (χ4n) is 4.22. The first-order valence-electron chi connectivity index (χ1n) is 12.2. The van der Waals surface area contributed by atoms with Gasteiger partial charge in [-0.3, -0.25) is 9.59 Å². The molecule has 0 aliphatic carbocycles. The van der Waals surface area contributed by atoms with Crippen molar-refractivity contribution in [2.45, 2.75) is 39.8 Å². The fraction of sp³-hybridized carbons (Fsp3) is 0.296. The van der Waals surface area contributed by atoms with E-state index in [2.05, 4.69) is 10.6 Å². The number of halogens is 2. The number of nitrogens with two attached hydrogens (primary N) is 1. The lowest BCUT2D eigenvalue weighted by Crippen LogP contribution is -2.38. The minimum absolute atomic E-state index is 0.0154. The van der Waals surface area contributed by atoms with E-state index >= 15 is 0 Å². The van der Waals surface area contributed by atoms with Gasteiger partial charge in [0.2, 0.25) is 5.95 Å². The minimum Gasteiger partial charge on any atom is -0.353 e. The summed E-state index contributed by atoms with van der Waals surface area (Å²) in [4.78, 5) is 44.2. The molecule has 198 valence electrons. The number of anilines is 1. The number of nitrogens with zero attached hydrogens (tertiary/aromatic N) is 3. The van der Waals surface area contributed by atoms with Gasteiger partial charge in [0, 0.05) is 31.6 Å². The van der Waals surface area contributed by atoms with E-state index in [0.29, 0.717) is 57.2 Å². The Morgan fingerprint density at radius 3 is 2.42 bits per heavy atom. The smallest absolute Gasteiger partial charge is 0.353 e. The Bertz CT molecular complexity index is 1500. The molecule has 1 aliphatic rings. The van der Waals surface area contributed by atoms with E-state index in [9.17, 15) is 14.4 Å². The summed E-state index contributed by atoms with van der Waals surface area (Å²) < 4.78 is 3.11. The van der Waals surface area contributed by atoms with Crippen LogP contribution in [0.15, 0.2) is 47.3 Å². The van der Waals surface area contributed by atoms with Crippen LogP contribution in [0.25, 0.3) is 5.69 Å². The topological polar surface area (TPSA) is 122 Å². The Labute approximate surface area is 230 Å². The number of carbonyl (C=O) groups is 2. The van der Waals surface area contributed by atoms with Crippen molar-refractivity contribution < 1.29 is 14.2 Å². The summed E-state index contributed by atoms with van der Waals surface area (Å²) in [6.45, 7) is 6.56. The van der Waals surface area contributed by atoms with Crippen LogP contribution in [0.1, 0.15) is 52.7 Å². The molecule has 0 atom stereocenters. The van der Waals surface area contributed by atoms with Gasteiger partial charge in [-0.1, -0.05) is 23.2 Å². The summed E-state index contributed by atoms with van der Waals surface area (Å²) in [5.74, 6) is -0.138. The van der Waals surface area contributed by atoms with Gasteiger partial charge in [0.05, 0.1) is 33.3 Å². The van der Waals surface area contributed by atoms with Gasteiger partial charge in [0.15, 0.2) is 12.3 Å². The van der Waals surface area contributed by atoms with Crippen molar-refractivity contribution in [2.24, 2.45) is 5.73 Å². The summed E-state index contributed by atoms with van der Waals surface area (Å²) in [5, 5.41) is 6.63. The van der Waals surface area contributed by atoms with E-state index in [4.69, 9.17) is 33.9 Å². The highest BCUT2D eigenvalue weighted by atomic mass is 35.5. The van der Waals surface area contributed by atoms with Crippen LogP contribution in [-0.2, 0) is 13.0 Å². The predicted octanol–water partition coefficient (Wildman–Crippen LogP) is 3.42. The van der Waals surface area contributed by atoms with Gasteiger partial charge in [-0.05, 0) is 56.3 Å². The molecule has 0 spiro atoms. The highest BCUT2D eigenvalue weighted by Crippen LogP contribution is 2.24. The Morgan fingerprint density at radius 1 is 1.11 bits per heavy atom. The first-order valence-corrected chi connectivity index (χ1v) is 13.0. The Kier molecular flexibility index (Phi) is 8.30. The molecule has 4 N–H and O–H groups in total. The summed E-state index contributed by atoms with van der Waals surface area (Å²) in [6.07, 6.45) is 0.260. The van der Waals surface area contributed by atoms with Crippen LogP contribution < -0.4 is 21.9 Å². The number of nitrogens with one attached hydrogen (secondary N) is 2. The maximum atomic E-state index is 13.8. The SMILES string of the molecule is CC1=[N+](C(=O)c2ccc(Cl)c(Cl)c2)Cc2nc(NC(C)C)n(-c3ccc(C(=O)NCCN)cc3)c(=O)c2C1. The third-order valence-electron chi connectivity index (χ3n) is 6.11. The van der Waals surface area contributed by atoms with Crippen LogP contribution in [0.3, 0.4) is 0 Å². The molecule has 11 heteroatoms. The molecule has 0 saturated carbocycles.